The van der Waals surface area contributed by atoms with Crippen LogP contribution in [0.4, 0.5) is 6.01 Å². The third-order valence-corrected chi connectivity index (χ3v) is 2.60. The van der Waals surface area contributed by atoms with Gasteiger partial charge in [-0.2, -0.15) is 0 Å². The van der Waals surface area contributed by atoms with Gasteiger partial charge >= 0.3 is 6.01 Å². The molecule has 1 aliphatic rings. The van der Waals surface area contributed by atoms with Gasteiger partial charge in [-0.1, -0.05) is 10.3 Å². The zero-order chi connectivity index (χ0) is 13.2. The number of carbonyl (C=O) groups excluding carboxylic acids is 2. The second-order valence-corrected chi connectivity index (χ2v) is 4.23. The standard InChI is InChI=1S/C10H10N6O3/c17-5-7-3-16(15-12-7)4-8(18)11-10-14-13-9(19-10)6-1-2-6/h3,5-6H,1-2,4H2,(H,11,14,18). The Hall–Kier alpha value is -2.58. The molecule has 1 aliphatic carbocycles. The Labute approximate surface area is 107 Å². The lowest BCUT2D eigenvalue weighted by Gasteiger charge is -1.99. The van der Waals surface area contributed by atoms with Crippen LogP contribution in [0.2, 0.25) is 0 Å². The summed E-state index contributed by atoms with van der Waals surface area (Å²) in [6.45, 7) is -0.0814. The minimum Gasteiger partial charge on any atom is -0.408 e. The number of aldehydes is 1. The minimum absolute atomic E-state index is 0.0719. The van der Waals surface area contributed by atoms with Crippen molar-refractivity contribution in [2.75, 3.05) is 5.32 Å². The van der Waals surface area contributed by atoms with Crippen molar-refractivity contribution in [1.29, 1.82) is 0 Å². The van der Waals surface area contributed by atoms with Crippen molar-refractivity contribution < 1.29 is 14.0 Å². The van der Waals surface area contributed by atoms with E-state index in [9.17, 15) is 9.59 Å². The van der Waals surface area contributed by atoms with Crippen LogP contribution in [-0.2, 0) is 11.3 Å². The van der Waals surface area contributed by atoms with Crippen molar-refractivity contribution in [2.45, 2.75) is 25.3 Å². The number of hydrogen-bond donors (Lipinski definition) is 1. The summed E-state index contributed by atoms with van der Waals surface area (Å²) >= 11 is 0. The Balaban J connectivity index is 1.59. The molecular formula is C10H10N6O3. The van der Waals surface area contributed by atoms with Crippen LogP contribution in [0.15, 0.2) is 10.6 Å². The molecule has 0 saturated heterocycles. The molecule has 0 radical (unpaired) electrons. The van der Waals surface area contributed by atoms with Gasteiger partial charge in [-0.3, -0.25) is 14.9 Å². The molecule has 0 aliphatic heterocycles. The maximum absolute atomic E-state index is 11.7. The summed E-state index contributed by atoms with van der Waals surface area (Å²) in [4.78, 5) is 22.1. The van der Waals surface area contributed by atoms with E-state index in [0.717, 1.165) is 12.8 Å². The largest absolute Gasteiger partial charge is 0.408 e. The second kappa shape index (κ2) is 4.59. The summed E-state index contributed by atoms with van der Waals surface area (Å²) in [7, 11) is 0. The molecule has 2 aromatic rings. The monoisotopic (exact) mass is 262 g/mol. The molecule has 9 heteroatoms. The van der Waals surface area contributed by atoms with Gasteiger partial charge in [-0.15, -0.1) is 10.2 Å². The molecule has 19 heavy (non-hydrogen) atoms. The van der Waals surface area contributed by atoms with Crippen LogP contribution in [-0.4, -0.2) is 37.4 Å². The van der Waals surface area contributed by atoms with E-state index in [4.69, 9.17) is 4.42 Å². The van der Waals surface area contributed by atoms with Crippen molar-refractivity contribution in [3.8, 4) is 0 Å². The molecule has 1 fully saturated rings. The molecule has 98 valence electrons. The van der Waals surface area contributed by atoms with Crippen molar-refractivity contribution in [3.05, 3.63) is 17.8 Å². The van der Waals surface area contributed by atoms with Crippen LogP contribution < -0.4 is 5.32 Å². The SMILES string of the molecule is O=Cc1cn(CC(=O)Nc2nnc(C3CC3)o2)nn1. The van der Waals surface area contributed by atoms with E-state index < -0.39 is 0 Å². The van der Waals surface area contributed by atoms with Crippen LogP contribution in [0.5, 0.6) is 0 Å². The van der Waals surface area contributed by atoms with E-state index in [2.05, 4.69) is 25.8 Å². The Morgan fingerprint density at radius 1 is 1.47 bits per heavy atom. The van der Waals surface area contributed by atoms with Crippen LogP contribution in [0.3, 0.4) is 0 Å². The summed E-state index contributed by atoms with van der Waals surface area (Å²) in [5.41, 5.74) is 0.168. The fraction of sp³-hybridized carbons (Fsp3) is 0.400. The summed E-state index contributed by atoms with van der Waals surface area (Å²) in [6.07, 6.45) is 4.02. The molecule has 2 heterocycles. The maximum atomic E-state index is 11.7. The molecule has 1 saturated carbocycles. The Morgan fingerprint density at radius 2 is 2.32 bits per heavy atom. The smallest absolute Gasteiger partial charge is 0.322 e. The van der Waals surface area contributed by atoms with Crippen LogP contribution >= 0.6 is 0 Å². The van der Waals surface area contributed by atoms with Crippen molar-refractivity contribution >= 4 is 18.2 Å². The minimum atomic E-state index is -0.381. The summed E-state index contributed by atoms with van der Waals surface area (Å²) in [5, 5.41) is 17.2. The first-order valence-electron chi connectivity index (χ1n) is 5.73. The number of nitrogens with one attached hydrogen (secondary N) is 1. The number of carbonyl (C=O) groups is 2. The van der Waals surface area contributed by atoms with E-state index >= 15 is 0 Å². The van der Waals surface area contributed by atoms with E-state index in [1.165, 1.54) is 10.9 Å². The molecule has 9 nitrogen and oxygen atoms in total. The van der Waals surface area contributed by atoms with Crippen molar-refractivity contribution in [3.63, 3.8) is 0 Å². The quantitative estimate of drug-likeness (QED) is 0.753. The van der Waals surface area contributed by atoms with Gasteiger partial charge in [0, 0.05) is 5.92 Å². The first kappa shape index (κ1) is 11.5. The lowest BCUT2D eigenvalue weighted by Crippen LogP contribution is -2.19. The Kier molecular flexibility index (Phi) is 2.78. The molecule has 0 unspecified atom stereocenters. The number of nitrogens with zero attached hydrogens (tertiary/aromatic N) is 5. The highest BCUT2D eigenvalue weighted by Crippen LogP contribution is 2.39. The van der Waals surface area contributed by atoms with E-state index in [1.54, 1.807) is 0 Å². The molecule has 2 aromatic heterocycles. The fourth-order valence-electron chi connectivity index (χ4n) is 1.53. The molecule has 0 atom stereocenters. The van der Waals surface area contributed by atoms with Gasteiger partial charge in [-0.05, 0) is 12.8 Å². The van der Waals surface area contributed by atoms with Crippen molar-refractivity contribution in [1.82, 2.24) is 25.2 Å². The fourth-order valence-corrected chi connectivity index (χ4v) is 1.53. The highest BCUT2D eigenvalue weighted by atomic mass is 16.4. The van der Waals surface area contributed by atoms with Crippen LogP contribution in [0, 0.1) is 0 Å². The number of anilines is 1. The zero-order valence-corrected chi connectivity index (χ0v) is 9.81. The molecule has 1 N–H and O–H groups in total. The normalized spacial score (nSPS) is 14.3. The molecule has 1 amide bonds. The summed E-state index contributed by atoms with van der Waals surface area (Å²) in [5.74, 6) is 0.510. The molecule has 0 aromatic carbocycles. The topological polar surface area (TPSA) is 116 Å². The highest BCUT2D eigenvalue weighted by Gasteiger charge is 2.29. The summed E-state index contributed by atoms with van der Waals surface area (Å²) < 4.78 is 6.53. The zero-order valence-electron chi connectivity index (χ0n) is 9.81. The Morgan fingerprint density at radius 3 is 3.00 bits per heavy atom. The van der Waals surface area contributed by atoms with Crippen LogP contribution in [0.1, 0.15) is 35.1 Å². The maximum Gasteiger partial charge on any atom is 0.322 e. The van der Waals surface area contributed by atoms with Gasteiger partial charge in [0.25, 0.3) is 0 Å². The first-order chi connectivity index (χ1) is 9.24. The number of hydrogen-bond acceptors (Lipinski definition) is 7. The number of rotatable bonds is 5. The van der Waals surface area contributed by atoms with Gasteiger partial charge in [-0.25, -0.2) is 4.68 Å². The van der Waals surface area contributed by atoms with E-state index in [-0.39, 0.29) is 24.2 Å². The van der Waals surface area contributed by atoms with Crippen LogP contribution in [0.25, 0.3) is 0 Å². The Bertz CT molecular complexity index is 614. The van der Waals surface area contributed by atoms with Gasteiger partial charge < -0.3 is 4.42 Å². The first-order valence-corrected chi connectivity index (χ1v) is 5.73. The second-order valence-electron chi connectivity index (χ2n) is 4.23. The van der Waals surface area contributed by atoms with Gasteiger partial charge in [0.1, 0.15) is 12.2 Å². The third-order valence-electron chi connectivity index (χ3n) is 2.60. The van der Waals surface area contributed by atoms with E-state index in [1.807, 2.05) is 0 Å². The molecular weight excluding hydrogens is 252 g/mol. The number of amides is 1. The van der Waals surface area contributed by atoms with E-state index in [0.29, 0.717) is 18.1 Å². The highest BCUT2D eigenvalue weighted by molar-refractivity contribution is 5.88. The van der Waals surface area contributed by atoms with Gasteiger partial charge in [0.05, 0.1) is 6.20 Å². The average molecular weight is 262 g/mol. The lowest BCUT2D eigenvalue weighted by molar-refractivity contribution is -0.117. The molecule has 0 spiro atoms. The lowest BCUT2D eigenvalue weighted by atomic mass is 10.4. The number of aromatic nitrogens is 5. The van der Waals surface area contributed by atoms with Gasteiger partial charge in [0.2, 0.25) is 11.8 Å². The average Bonchev–Trinajstić information content (AvgIpc) is 2.98. The summed E-state index contributed by atoms with van der Waals surface area (Å²) in [6, 6.07) is 0.0719. The van der Waals surface area contributed by atoms with Crippen molar-refractivity contribution in [2.24, 2.45) is 0 Å². The molecule has 3 rings (SSSR count). The third kappa shape index (κ3) is 2.64. The molecule has 0 bridgehead atoms. The predicted molar refractivity (Wildman–Crippen MR) is 60.3 cm³/mol. The van der Waals surface area contributed by atoms with Gasteiger partial charge in [0.15, 0.2) is 6.29 Å². The predicted octanol–water partition coefficient (Wildman–Crippen LogP) is -0.0103.